The molecule has 2 heterocycles. The maximum absolute atomic E-state index is 12.2. The van der Waals surface area contributed by atoms with Gasteiger partial charge in [0.05, 0.1) is 10.8 Å². The molecule has 38 heavy (non-hydrogen) atoms. The molecular formula is C30H42O6S2. The molecule has 0 radical (unpaired) electrons. The van der Waals surface area contributed by atoms with Crippen LogP contribution in [-0.4, -0.2) is 22.2 Å². The molecule has 0 atom stereocenters. The standard InChI is InChI=1S/C28H36O6S2.C2H6/c1-27(2,25(31)32)13-7-5-9-21-15-19(29)17-23(35-21)11-12-24-18-20(30)16-22(36-24)10-6-8-14-28(3,4)26(33)34;1-2/h11-12,15-18H,5-10,13-14H2,1-4H3,(H,31,32)(H,33,34);1-2H3/b12-11-;. The van der Waals surface area contributed by atoms with Crippen molar-refractivity contribution < 1.29 is 19.8 Å². The van der Waals surface area contributed by atoms with Crippen LogP contribution < -0.4 is 10.9 Å². The van der Waals surface area contributed by atoms with Gasteiger partial charge in [-0.15, -0.1) is 22.7 Å². The van der Waals surface area contributed by atoms with Crippen LogP contribution in [0.5, 0.6) is 0 Å². The van der Waals surface area contributed by atoms with Gasteiger partial charge in [-0.2, -0.15) is 0 Å². The topological polar surface area (TPSA) is 109 Å². The van der Waals surface area contributed by atoms with Crippen molar-refractivity contribution in [3.63, 3.8) is 0 Å². The van der Waals surface area contributed by atoms with Crippen molar-refractivity contribution in [3.8, 4) is 0 Å². The fourth-order valence-corrected chi connectivity index (χ4v) is 5.69. The van der Waals surface area contributed by atoms with Crippen LogP contribution in [0.3, 0.4) is 0 Å². The van der Waals surface area contributed by atoms with Crippen LogP contribution in [0.4, 0.5) is 0 Å². The molecule has 0 unspecified atom stereocenters. The van der Waals surface area contributed by atoms with E-state index < -0.39 is 22.8 Å². The Bertz CT molecular complexity index is 1110. The minimum Gasteiger partial charge on any atom is -0.481 e. The number of rotatable bonds is 14. The lowest BCUT2D eigenvalue weighted by Gasteiger charge is -2.18. The second-order valence-corrected chi connectivity index (χ2v) is 12.8. The molecule has 0 aromatic carbocycles. The predicted octanol–water partition coefficient (Wildman–Crippen LogP) is 7.37. The van der Waals surface area contributed by atoms with Gasteiger partial charge in [0.25, 0.3) is 0 Å². The maximum Gasteiger partial charge on any atom is 0.309 e. The Morgan fingerprint density at radius 3 is 1.34 bits per heavy atom. The van der Waals surface area contributed by atoms with Crippen LogP contribution in [0.25, 0.3) is 12.2 Å². The molecule has 0 aliphatic heterocycles. The normalized spacial score (nSPS) is 11.7. The average Bonchev–Trinajstić information content (AvgIpc) is 2.84. The summed E-state index contributed by atoms with van der Waals surface area (Å²) in [6.45, 7) is 10.9. The Morgan fingerprint density at radius 2 is 1.03 bits per heavy atom. The van der Waals surface area contributed by atoms with Gasteiger partial charge in [-0.05, 0) is 90.5 Å². The lowest BCUT2D eigenvalue weighted by Crippen LogP contribution is -2.23. The van der Waals surface area contributed by atoms with Gasteiger partial charge in [-0.1, -0.05) is 26.7 Å². The summed E-state index contributed by atoms with van der Waals surface area (Å²) in [5.74, 6) is -1.60. The van der Waals surface area contributed by atoms with Crippen LogP contribution in [-0.2, 0) is 22.4 Å². The van der Waals surface area contributed by atoms with Gasteiger partial charge >= 0.3 is 11.9 Å². The molecule has 2 aromatic heterocycles. The first-order chi connectivity index (χ1) is 17.8. The van der Waals surface area contributed by atoms with Gasteiger partial charge in [0.1, 0.15) is 0 Å². The molecule has 0 bridgehead atoms. The van der Waals surface area contributed by atoms with E-state index in [1.54, 1.807) is 52.0 Å². The molecule has 0 aliphatic rings. The highest BCUT2D eigenvalue weighted by Gasteiger charge is 2.26. The monoisotopic (exact) mass is 562 g/mol. The van der Waals surface area contributed by atoms with Crippen molar-refractivity contribution in [1.29, 1.82) is 0 Å². The Hall–Kier alpha value is -2.58. The SMILES string of the molecule is CC.CC(C)(CCCCc1cc(=O)cc(/C=C\c2cc(=O)cc(CCCCC(C)(C)C(=O)O)s2)s1)C(=O)O. The van der Waals surface area contributed by atoms with Gasteiger partial charge in [0, 0.05) is 31.6 Å². The van der Waals surface area contributed by atoms with Crippen molar-refractivity contribution in [3.05, 3.63) is 64.2 Å². The number of carboxylic acids is 2. The van der Waals surface area contributed by atoms with Crippen molar-refractivity contribution in [2.45, 2.75) is 92.9 Å². The molecule has 0 saturated carbocycles. The van der Waals surface area contributed by atoms with E-state index in [1.165, 1.54) is 22.7 Å². The van der Waals surface area contributed by atoms with Gasteiger partial charge in [0.2, 0.25) is 0 Å². The summed E-state index contributed by atoms with van der Waals surface area (Å²) < 4.78 is 0. The van der Waals surface area contributed by atoms with Crippen molar-refractivity contribution >= 4 is 46.8 Å². The van der Waals surface area contributed by atoms with Gasteiger partial charge < -0.3 is 10.2 Å². The second-order valence-electron chi connectivity index (χ2n) is 10.4. The number of carbonyl (C=O) groups is 2. The molecule has 0 aliphatic carbocycles. The number of aliphatic carboxylic acids is 2. The van der Waals surface area contributed by atoms with Crippen LogP contribution in [0, 0.1) is 10.8 Å². The van der Waals surface area contributed by atoms with Gasteiger partial charge in [-0.3, -0.25) is 19.2 Å². The summed E-state index contributed by atoms with van der Waals surface area (Å²) in [5.41, 5.74) is -1.63. The lowest BCUT2D eigenvalue weighted by atomic mass is 9.87. The van der Waals surface area contributed by atoms with Crippen molar-refractivity contribution in [2.75, 3.05) is 0 Å². The zero-order valence-electron chi connectivity index (χ0n) is 23.5. The first-order valence-corrected chi connectivity index (χ1v) is 14.8. The van der Waals surface area contributed by atoms with E-state index in [9.17, 15) is 29.4 Å². The fraction of sp³-hybridized carbons (Fsp3) is 0.533. The molecule has 6 nitrogen and oxygen atoms in total. The maximum atomic E-state index is 12.2. The predicted molar refractivity (Wildman–Crippen MR) is 159 cm³/mol. The molecule has 2 N–H and O–H groups in total. The van der Waals surface area contributed by atoms with Crippen LogP contribution in [0.2, 0.25) is 0 Å². The first kappa shape index (κ1) is 33.4. The minimum absolute atomic E-state index is 0.0690. The van der Waals surface area contributed by atoms with Gasteiger partial charge in [0.15, 0.2) is 10.9 Å². The molecule has 210 valence electrons. The third kappa shape index (κ3) is 11.9. The zero-order chi connectivity index (χ0) is 28.9. The van der Waals surface area contributed by atoms with Crippen molar-refractivity contribution in [1.82, 2.24) is 0 Å². The Kier molecular flexibility index (Phi) is 13.9. The highest BCUT2D eigenvalue weighted by Crippen LogP contribution is 2.26. The molecule has 0 amide bonds. The van der Waals surface area contributed by atoms with E-state index in [0.29, 0.717) is 12.8 Å². The third-order valence-corrected chi connectivity index (χ3v) is 8.34. The smallest absolute Gasteiger partial charge is 0.309 e. The quantitative estimate of drug-likeness (QED) is 0.233. The molecule has 2 aromatic rings. The van der Waals surface area contributed by atoms with E-state index in [4.69, 9.17) is 0 Å². The lowest BCUT2D eigenvalue weighted by molar-refractivity contribution is -0.148. The number of hydrogen-bond donors (Lipinski definition) is 2. The van der Waals surface area contributed by atoms with E-state index >= 15 is 0 Å². The van der Waals surface area contributed by atoms with Crippen LogP contribution in [0.1, 0.15) is 99.6 Å². The van der Waals surface area contributed by atoms with E-state index in [-0.39, 0.29) is 10.9 Å². The summed E-state index contributed by atoms with van der Waals surface area (Å²) in [6, 6.07) is 6.42. The fourth-order valence-electron chi connectivity index (χ4n) is 3.62. The van der Waals surface area contributed by atoms with E-state index in [2.05, 4.69) is 0 Å². The Labute approximate surface area is 234 Å². The summed E-state index contributed by atoms with van der Waals surface area (Å²) in [5, 5.41) is 18.5. The summed E-state index contributed by atoms with van der Waals surface area (Å²) in [6.07, 6.45) is 9.50. The van der Waals surface area contributed by atoms with E-state index in [0.717, 1.165) is 58.0 Å². The molecule has 0 spiro atoms. The highest BCUT2D eigenvalue weighted by molar-refractivity contribution is 7.13. The van der Waals surface area contributed by atoms with Crippen LogP contribution in [0.15, 0.2) is 33.9 Å². The highest BCUT2D eigenvalue weighted by atomic mass is 32.1. The minimum atomic E-state index is -0.798. The van der Waals surface area contributed by atoms with E-state index in [1.807, 2.05) is 26.0 Å². The molecule has 8 heteroatoms. The third-order valence-electron chi connectivity index (χ3n) is 6.19. The number of carboxylic acid groups (broad SMARTS) is 2. The number of aryl methyl sites for hydroxylation is 2. The zero-order valence-corrected chi connectivity index (χ0v) is 25.1. The molecular weight excluding hydrogens is 520 g/mol. The summed E-state index contributed by atoms with van der Waals surface area (Å²) in [4.78, 5) is 50.4. The number of unbranched alkanes of at least 4 members (excludes halogenated alkanes) is 2. The molecule has 2 rings (SSSR count). The average molecular weight is 563 g/mol. The number of hydrogen-bond acceptors (Lipinski definition) is 6. The molecule has 0 saturated heterocycles. The second kappa shape index (κ2) is 15.7. The molecule has 0 fully saturated rings. The van der Waals surface area contributed by atoms with Gasteiger partial charge in [-0.25, -0.2) is 0 Å². The Morgan fingerprint density at radius 1 is 0.684 bits per heavy atom. The summed E-state index contributed by atoms with van der Waals surface area (Å²) in [7, 11) is 0. The largest absolute Gasteiger partial charge is 0.481 e. The first-order valence-electron chi connectivity index (χ1n) is 13.2. The van der Waals surface area contributed by atoms with Crippen molar-refractivity contribution in [2.24, 2.45) is 10.8 Å². The summed E-state index contributed by atoms with van der Waals surface area (Å²) >= 11 is 3.05. The Balaban J connectivity index is 0.00000352. The van der Waals surface area contributed by atoms with Crippen LogP contribution >= 0.6 is 22.7 Å².